The van der Waals surface area contributed by atoms with E-state index in [9.17, 15) is 19.7 Å². The lowest BCUT2D eigenvalue weighted by Crippen LogP contribution is -2.54. The zero-order valence-corrected chi connectivity index (χ0v) is 16.9. The summed E-state index contributed by atoms with van der Waals surface area (Å²) in [4.78, 5) is 36.3. The molecule has 0 bridgehead atoms. The molecule has 3 heterocycles. The second kappa shape index (κ2) is 8.02. The summed E-state index contributed by atoms with van der Waals surface area (Å²) in [5, 5.41) is 13.7. The maximum Gasteiger partial charge on any atom is 0.433 e. The fraction of sp³-hybridized carbons (Fsp3) is 0.684. The highest BCUT2D eigenvalue weighted by molar-refractivity contribution is 5.91. The summed E-state index contributed by atoms with van der Waals surface area (Å²) in [6.45, 7) is 6.88. The molecule has 160 valence electrons. The highest BCUT2D eigenvalue weighted by atomic mass is 16.6. The van der Waals surface area contributed by atoms with Crippen LogP contribution < -0.4 is 5.32 Å². The molecule has 0 aromatic carbocycles. The van der Waals surface area contributed by atoms with Crippen LogP contribution in [-0.4, -0.2) is 58.8 Å². The summed E-state index contributed by atoms with van der Waals surface area (Å²) in [6.07, 6.45) is 2.16. The standard InChI is InChI=1S/C19H27N3O7/c1-18(2,3)29-17(24)20-13-6-11-27-19(12-13)7-9-21(10-8-19)16(23)14-4-5-15(28-14)22(25)26/h4-5,13H,6-12H2,1-3H3,(H,20,24). The number of likely N-dealkylation sites (tertiary alicyclic amines) is 1. The number of furan rings is 1. The van der Waals surface area contributed by atoms with Gasteiger partial charge in [-0.15, -0.1) is 0 Å². The normalized spacial score (nSPS) is 21.6. The number of ether oxygens (including phenoxy) is 2. The van der Waals surface area contributed by atoms with E-state index in [1.165, 1.54) is 12.1 Å². The van der Waals surface area contributed by atoms with Gasteiger partial charge in [-0.1, -0.05) is 0 Å². The summed E-state index contributed by atoms with van der Waals surface area (Å²) >= 11 is 0. The van der Waals surface area contributed by atoms with Crippen LogP contribution in [0.2, 0.25) is 0 Å². The molecule has 1 unspecified atom stereocenters. The molecule has 2 aliphatic rings. The third-order valence-corrected chi connectivity index (χ3v) is 5.16. The molecule has 1 aromatic rings. The van der Waals surface area contributed by atoms with Crippen molar-refractivity contribution in [3.05, 3.63) is 28.0 Å². The van der Waals surface area contributed by atoms with Gasteiger partial charge in [0.05, 0.1) is 11.7 Å². The van der Waals surface area contributed by atoms with E-state index in [0.29, 0.717) is 45.4 Å². The first-order valence-corrected chi connectivity index (χ1v) is 9.74. The number of nitrogens with zero attached hydrogens (tertiary/aromatic N) is 2. The van der Waals surface area contributed by atoms with Crippen LogP contribution >= 0.6 is 0 Å². The third-order valence-electron chi connectivity index (χ3n) is 5.16. The highest BCUT2D eigenvalue weighted by Gasteiger charge is 2.42. The first kappa shape index (κ1) is 21.1. The first-order chi connectivity index (χ1) is 13.6. The van der Waals surface area contributed by atoms with Crippen LogP contribution in [0.1, 0.15) is 57.0 Å². The maximum atomic E-state index is 12.5. The number of nitro groups is 1. The summed E-state index contributed by atoms with van der Waals surface area (Å²) in [5.74, 6) is -0.859. The Morgan fingerprint density at radius 2 is 2.00 bits per heavy atom. The minimum Gasteiger partial charge on any atom is -0.444 e. The minimum absolute atomic E-state index is 0.0401. The van der Waals surface area contributed by atoms with Crippen LogP contribution in [0.5, 0.6) is 0 Å². The summed E-state index contributed by atoms with van der Waals surface area (Å²) in [7, 11) is 0. The number of carbonyl (C=O) groups excluding carboxylic acids is 2. The molecule has 0 saturated carbocycles. The molecule has 1 N–H and O–H groups in total. The number of piperidine rings is 1. The van der Waals surface area contributed by atoms with Crippen molar-refractivity contribution >= 4 is 17.9 Å². The van der Waals surface area contributed by atoms with Gasteiger partial charge >= 0.3 is 12.0 Å². The topological polar surface area (TPSA) is 124 Å². The van der Waals surface area contributed by atoms with Crippen LogP contribution in [-0.2, 0) is 9.47 Å². The zero-order chi connectivity index (χ0) is 21.2. The number of carbonyl (C=O) groups is 2. The van der Waals surface area contributed by atoms with E-state index in [1.807, 2.05) is 20.8 Å². The number of rotatable bonds is 3. The van der Waals surface area contributed by atoms with Gasteiger partial charge in [-0.2, -0.15) is 0 Å². The van der Waals surface area contributed by atoms with Crippen molar-refractivity contribution in [2.24, 2.45) is 0 Å². The number of hydrogen-bond donors (Lipinski definition) is 1. The van der Waals surface area contributed by atoms with Gasteiger partial charge in [0.2, 0.25) is 0 Å². The molecule has 2 aliphatic heterocycles. The minimum atomic E-state index is -0.671. The number of nitrogens with one attached hydrogen (secondary N) is 1. The highest BCUT2D eigenvalue weighted by Crippen LogP contribution is 2.35. The van der Waals surface area contributed by atoms with Gasteiger partial charge in [0, 0.05) is 25.7 Å². The molecule has 10 heteroatoms. The summed E-state index contributed by atoms with van der Waals surface area (Å²) < 4.78 is 16.4. The quantitative estimate of drug-likeness (QED) is 0.601. The molecular weight excluding hydrogens is 382 g/mol. The van der Waals surface area contributed by atoms with Crippen LogP contribution in [0.25, 0.3) is 0 Å². The molecule has 3 rings (SSSR count). The fourth-order valence-electron chi connectivity index (χ4n) is 3.79. The van der Waals surface area contributed by atoms with Crippen molar-refractivity contribution in [3.8, 4) is 0 Å². The lowest BCUT2D eigenvalue weighted by atomic mass is 9.82. The van der Waals surface area contributed by atoms with Crippen molar-refractivity contribution in [2.75, 3.05) is 19.7 Å². The first-order valence-electron chi connectivity index (χ1n) is 9.74. The average Bonchev–Trinajstić information content (AvgIpc) is 3.10. The van der Waals surface area contributed by atoms with E-state index in [1.54, 1.807) is 4.90 Å². The molecule has 0 aliphatic carbocycles. The Kier molecular flexibility index (Phi) is 5.83. The second-order valence-electron chi connectivity index (χ2n) is 8.55. The molecule has 2 fully saturated rings. The molecule has 1 aromatic heterocycles. The van der Waals surface area contributed by atoms with E-state index < -0.39 is 28.1 Å². The Balaban J connectivity index is 1.55. The van der Waals surface area contributed by atoms with Crippen LogP contribution in [0.4, 0.5) is 10.7 Å². The van der Waals surface area contributed by atoms with Gasteiger partial charge in [-0.3, -0.25) is 14.9 Å². The second-order valence-corrected chi connectivity index (χ2v) is 8.55. The molecule has 2 saturated heterocycles. The van der Waals surface area contributed by atoms with Gasteiger partial charge in [0.15, 0.2) is 5.76 Å². The lowest BCUT2D eigenvalue weighted by molar-refractivity contribution is -0.402. The number of hydrogen-bond acceptors (Lipinski definition) is 7. The van der Waals surface area contributed by atoms with E-state index in [4.69, 9.17) is 13.9 Å². The van der Waals surface area contributed by atoms with Gasteiger partial charge < -0.3 is 24.1 Å². The Morgan fingerprint density at radius 3 is 2.59 bits per heavy atom. The molecule has 1 spiro atoms. The smallest absolute Gasteiger partial charge is 0.433 e. The van der Waals surface area contributed by atoms with Crippen LogP contribution in [0.3, 0.4) is 0 Å². The Morgan fingerprint density at radius 1 is 1.31 bits per heavy atom. The zero-order valence-electron chi connectivity index (χ0n) is 16.9. The van der Waals surface area contributed by atoms with Crippen LogP contribution in [0.15, 0.2) is 16.5 Å². The molecule has 29 heavy (non-hydrogen) atoms. The molecule has 0 radical (unpaired) electrons. The van der Waals surface area contributed by atoms with Crippen molar-refractivity contribution in [2.45, 2.75) is 63.7 Å². The van der Waals surface area contributed by atoms with Crippen molar-refractivity contribution in [1.82, 2.24) is 10.2 Å². The van der Waals surface area contributed by atoms with E-state index >= 15 is 0 Å². The van der Waals surface area contributed by atoms with Crippen molar-refractivity contribution < 1.29 is 28.4 Å². The average molecular weight is 409 g/mol. The van der Waals surface area contributed by atoms with E-state index in [-0.39, 0.29) is 17.7 Å². The predicted octanol–water partition coefficient (Wildman–Crippen LogP) is 2.87. The van der Waals surface area contributed by atoms with Gasteiger partial charge in [0.1, 0.15) is 10.5 Å². The Labute approximate surface area is 168 Å². The van der Waals surface area contributed by atoms with Crippen LogP contribution in [0, 0.1) is 10.1 Å². The van der Waals surface area contributed by atoms with E-state index in [2.05, 4.69) is 5.32 Å². The SMILES string of the molecule is CC(C)(C)OC(=O)NC1CCOC2(CCN(C(=O)c3ccc([N+](=O)[O-])o3)CC2)C1. The van der Waals surface area contributed by atoms with Crippen molar-refractivity contribution in [1.29, 1.82) is 0 Å². The monoisotopic (exact) mass is 409 g/mol. The maximum absolute atomic E-state index is 12.5. The Hall–Kier alpha value is -2.62. The third kappa shape index (κ3) is 5.26. The fourth-order valence-corrected chi connectivity index (χ4v) is 3.79. The van der Waals surface area contributed by atoms with E-state index in [0.717, 1.165) is 0 Å². The molecular formula is C19H27N3O7. The predicted molar refractivity (Wildman–Crippen MR) is 102 cm³/mol. The largest absolute Gasteiger partial charge is 0.444 e. The van der Waals surface area contributed by atoms with Gasteiger partial charge in [-0.05, 0) is 52.5 Å². The lowest BCUT2D eigenvalue weighted by Gasteiger charge is -2.46. The van der Waals surface area contributed by atoms with Gasteiger partial charge in [0.25, 0.3) is 5.91 Å². The molecule has 1 atom stereocenters. The Bertz CT molecular complexity index is 775. The van der Waals surface area contributed by atoms with Gasteiger partial charge in [-0.25, -0.2) is 4.79 Å². The number of amides is 2. The summed E-state index contributed by atoms with van der Waals surface area (Å²) in [5.41, 5.74) is -0.955. The van der Waals surface area contributed by atoms with Crippen molar-refractivity contribution in [3.63, 3.8) is 0 Å². The molecule has 10 nitrogen and oxygen atoms in total. The molecule has 2 amide bonds. The number of alkyl carbamates (subject to hydrolysis) is 1. The summed E-state index contributed by atoms with van der Waals surface area (Å²) in [6, 6.07) is 2.45.